The number of likely N-dealkylation sites (N-methyl/N-ethyl adjacent to an activating group) is 1. The van der Waals surface area contributed by atoms with E-state index in [4.69, 9.17) is 0 Å². The normalized spacial score (nSPS) is 20.2. The first-order valence-corrected chi connectivity index (χ1v) is 9.10. The van der Waals surface area contributed by atoms with Gasteiger partial charge in [-0.1, -0.05) is 12.1 Å². The molecule has 0 aromatic heterocycles. The summed E-state index contributed by atoms with van der Waals surface area (Å²) in [4.78, 5) is 13.6. The van der Waals surface area contributed by atoms with Gasteiger partial charge in [-0.3, -0.25) is 9.69 Å². The molecule has 1 saturated heterocycles. The molecule has 0 radical (unpaired) electrons. The summed E-state index contributed by atoms with van der Waals surface area (Å²) in [5.74, 6) is -0.0737. The minimum absolute atomic E-state index is 0.0761. The van der Waals surface area contributed by atoms with Crippen LogP contribution in [0.3, 0.4) is 0 Å². The van der Waals surface area contributed by atoms with Crippen molar-refractivity contribution in [2.45, 2.75) is 18.9 Å². The van der Waals surface area contributed by atoms with Gasteiger partial charge in [0.05, 0.1) is 18.1 Å². The monoisotopic (exact) mass is 328 g/mol. The van der Waals surface area contributed by atoms with Crippen LogP contribution in [0.25, 0.3) is 0 Å². The summed E-state index contributed by atoms with van der Waals surface area (Å²) in [6.45, 7) is 0.658. The summed E-state index contributed by atoms with van der Waals surface area (Å²) >= 11 is 0. The van der Waals surface area contributed by atoms with Crippen LogP contribution in [-0.4, -0.2) is 56.9 Å². The quantitative estimate of drug-likeness (QED) is 0.831. The highest BCUT2D eigenvalue weighted by Gasteiger charge is 2.31. The van der Waals surface area contributed by atoms with Gasteiger partial charge in [-0.2, -0.15) is 0 Å². The van der Waals surface area contributed by atoms with Crippen LogP contribution in [-0.2, 0) is 21.1 Å². The zero-order chi connectivity index (χ0) is 16.2. The molecular formula is C15H21FN2O3S. The predicted molar refractivity (Wildman–Crippen MR) is 82.8 cm³/mol. The Morgan fingerprint density at radius 3 is 2.64 bits per heavy atom. The number of carbonyl (C=O) groups is 1. The predicted octanol–water partition coefficient (Wildman–Crippen LogP) is 0.603. The topological polar surface area (TPSA) is 66.5 Å². The third-order valence-electron chi connectivity index (χ3n) is 3.87. The van der Waals surface area contributed by atoms with E-state index in [0.717, 1.165) is 5.56 Å². The SMILES string of the molecule is CN(CC(=O)NCCc1ccc(F)cc1)C1CCS(=O)(=O)C1. The average molecular weight is 328 g/mol. The molecule has 0 saturated carbocycles. The molecule has 1 heterocycles. The van der Waals surface area contributed by atoms with E-state index in [2.05, 4.69) is 5.32 Å². The van der Waals surface area contributed by atoms with Crippen molar-refractivity contribution in [2.24, 2.45) is 0 Å². The van der Waals surface area contributed by atoms with Gasteiger partial charge in [-0.05, 0) is 37.6 Å². The summed E-state index contributed by atoms with van der Waals surface area (Å²) in [6, 6.07) is 6.10. The number of benzene rings is 1. The van der Waals surface area contributed by atoms with Crippen molar-refractivity contribution in [3.05, 3.63) is 35.6 Å². The van der Waals surface area contributed by atoms with Crippen LogP contribution in [0, 0.1) is 5.82 Å². The maximum Gasteiger partial charge on any atom is 0.234 e. The van der Waals surface area contributed by atoms with Crippen LogP contribution < -0.4 is 5.32 Å². The Hall–Kier alpha value is -1.47. The molecule has 1 N–H and O–H groups in total. The van der Waals surface area contributed by atoms with Crippen molar-refractivity contribution in [2.75, 3.05) is 31.6 Å². The first-order valence-electron chi connectivity index (χ1n) is 7.27. The van der Waals surface area contributed by atoms with E-state index in [0.29, 0.717) is 19.4 Å². The zero-order valence-electron chi connectivity index (χ0n) is 12.6. The average Bonchev–Trinajstić information content (AvgIpc) is 2.81. The fourth-order valence-electron chi connectivity index (χ4n) is 2.53. The lowest BCUT2D eigenvalue weighted by Crippen LogP contribution is -2.41. The number of sulfone groups is 1. The summed E-state index contributed by atoms with van der Waals surface area (Å²) in [7, 11) is -1.17. The Morgan fingerprint density at radius 2 is 2.05 bits per heavy atom. The molecule has 0 spiro atoms. The molecule has 1 aliphatic heterocycles. The van der Waals surface area contributed by atoms with Crippen molar-refractivity contribution < 1.29 is 17.6 Å². The molecule has 1 aliphatic rings. The van der Waals surface area contributed by atoms with E-state index < -0.39 is 9.84 Å². The number of hydrogen-bond acceptors (Lipinski definition) is 4. The maximum absolute atomic E-state index is 12.8. The first kappa shape index (κ1) is 16.9. The number of carbonyl (C=O) groups excluding carboxylic acids is 1. The fourth-order valence-corrected chi connectivity index (χ4v) is 4.34. The van der Waals surface area contributed by atoms with Crippen LogP contribution in [0.5, 0.6) is 0 Å². The highest BCUT2D eigenvalue weighted by Crippen LogP contribution is 2.15. The third-order valence-corrected chi connectivity index (χ3v) is 5.62. The molecule has 1 aromatic rings. The van der Waals surface area contributed by atoms with Crippen LogP contribution in [0.2, 0.25) is 0 Å². The molecule has 5 nitrogen and oxygen atoms in total. The van der Waals surface area contributed by atoms with Crippen molar-refractivity contribution in [1.82, 2.24) is 10.2 Å². The highest BCUT2D eigenvalue weighted by molar-refractivity contribution is 7.91. The number of rotatable bonds is 6. The third kappa shape index (κ3) is 5.06. The molecule has 7 heteroatoms. The second-order valence-electron chi connectivity index (χ2n) is 5.70. The first-order chi connectivity index (χ1) is 10.4. The molecule has 0 bridgehead atoms. The van der Waals surface area contributed by atoms with Gasteiger partial charge in [0.2, 0.25) is 5.91 Å². The zero-order valence-corrected chi connectivity index (χ0v) is 13.4. The number of halogens is 1. The molecule has 1 atom stereocenters. The van der Waals surface area contributed by atoms with Gasteiger partial charge in [-0.25, -0.2) is 12.8 Å². The lowest BCUT2D eigenvalue weighted by molar-refractivity contribution is -0.122. The van der Waals surface area contributed by atoms with Crippen molar-refractivity contribution >= 4 is 15.7 Å². The lowest BCUT2D eigenvalue weighted by Gasteiger charge is -2.22. The van der Waals surface area contributed by atoms with E-state index >= 15 is 0 Å². The summed E-state index contributed by atoms with van der Waals surface area (Å²) in [5, 5.41) is 2.80. The fraction of sp³-hybridized carbons (Fsp3) is 0.533. The summed E-state index contributed by atoms with van der Waals surface area (Å²) in [6.07, 6.45) is 1.22. The molecule has 1 fully saturated rings. The van der Waals surface area contributed by atoms with Gasteiger partial charge in [0.25, 0.3) is 0 Å². The molecule has 122 valence electrons. The van der Waals surface area contributed by atoms with E-state index in [1.54, 1.807) is 24.1 Å². The van der Waals surface area contributed by atoms with E-state index in [-0.39, 0.29) is 35.8 Å². The number of nitrogens with zero attached hydrogens (tertiary/aromatic N) is 1. The van der Waals surface area contributed by atoms with Crippen molar-refractivity contribution in [3.8, 4) is 0 Å². The smallest absolute Gasteiger partial charge is 0.234 e. The molecule has 1 amide bonds. The van der Waals surface area contributed by atoms with Gasteiger partial charge in [0.1, 0.15) is 5.82 Å². The lowest BCUT2D eigenvalue weighted by atomic mass is 10.1. The Labute approximate surface area is 130 Å². The van der Waals surface area contributed by atoms with Gasteiger partial charge in [0.15, 0.2) is 9.84 Å². The van der Waals surface area contributed by atoms with E-state index in [9.17, 15) is 17.6 Å². The van der Waals surface area contributed by atoms with Crippen molar-refractivity contribution in [3.63, 3.8) is 0 Å². The second-order valence-corrected chi connectivity index (χ2v) is 7.93. The summed E-state index contributed by atoms with van der Waals surface area (Å²) < 4.78 is 35.6. The van der Waals surface area contributed by atoms with Crippen LogP contribution >= 0.6 is 0 Å². The Kier molecular flexibility index (Phi) is 5.52. The van der Waals surface area contributed by atoms with E-state index in [1.165, 1.54) is 12.1 Å². The van der Waals surface area contributed by atoms with Crippen LogP contribution in [0.1, 0.15) is 12.0 Å². The van der Waals surface area contributed by atoms with Gasteiger partial charge in [-0.15, -0.1) is 0 Å². The molecule has 2 rings (SSSR count). The Morgan fingerprint density at radius 1 is 1.36 bits per heavy atom. The highest BCUT2D eigenvalue weighted by atomic mass is 32.2. The minimum atomic E-state index is -2.94. The molecule has 1 unspecified atom stereocenters. The molecule has 22 heavy (non-hydrogen) atoms. The number of amides is 1. The minimum Gasteiger partial charge on any atom is -0.355 e. The standard InChI is InChI=1S/C15H21FN2O3S/c1-18(14-7-9-22(20,21)11-14)10-15(19)17-8-6-12-2-4-13(16)5-3-12/h2-5,14H,6-11H2,1H3,(H,17,19). The van der Waals surface area contributed by atoms with Gasteiger partial charge in [0, 0.05) is 12.6 Å². The summed E-state index contributed by atoms with van der Waals surface area (Å²) in [5.41, 5.74) is 0.956. The largest absolute Gasteiger partial charge is 0.355 e. The van der Waals surface area contributed by atoms with Gasteiger partial charge < -0.3 is 5.32 Å². The van der Waals surface area contributed by atoms with Crippen LogP contribution in [0.4, 0.5) is 4.39 Å². The Bertz CT molecular complexity index is 616. The second kappa shape index (κ2) is 7.19. The van der Waals surface area contributed by atoms with E-state index in [1.807, 2.05) is 0 Å². The maximum atomic E-state index is 12.8. The number of nitrogens with one attached hydrogen (secondary N) is 1. The number of hydrogen-bond donors (Lipinski definition) is 1. The molecular weight excluding hydrogens is 307 g/mol. The van der Waals surface area contributed by atoms with Gasteiger partial charge >= 0.3 is 0 Å². The van der Waals surface area contributed by atoms with Crippen molar-refractivity contribution in [1.29, 1.82) is 0 Å². The molecule has 0 aliphatic carbocycles. The Balaban J connectivity index is 1.70. The van der Waals surface area contributed by atoms with Crippen LogP contribution in [0.15, 0.2) is 24.3 Å². The molecule has 1 aromatic carbocycles.